The van der Waals surface area contributed by atoms with E-state index >= 15 is 0 Å². The van der Waals surface area contributed by atoms with Gasteiger partial charge in [0.25, 0.3) is 11.5 Å². The van der Waals surface area contributed by atoms with Crippen molar-refractivity contribution in [2.75, 3.05) is 12.4 Å². The van der Waals surface area contributed by atoms with E-state index in [0.29, 0.717) is 0 Å². The largest absolute Gasteiger partial charge is 0.494 e. The second-order valence-corrected chi connectivity index (χ2v) is 5.55. The lowest BCUT2D eigenvalue weighted by Gasteiger charge is -2.29. The molecule has 1 heterocycles. The number of ether oxygens (including phenoxy) is 3. The van der Waals surface area contributed by atoms with Crippen LogP contribution in [0.2, 0.25) is 5.02 Å². The number of nitrogens with zero attached hydrogens (tertiary/aromatic N) is 1. The smallest absolute Gasteiger partial charge is 0.350 e. The highest BCUT2D eigenvalue weighted by Gasteiger charge is 2.39. The highest BCUT2D eigenvalue weighted by molar-refractivity contribution is 6.33. The molecule has 0 radical (unpaired) electrons. The van der Waals surface area contributed by atoms with Gasteiger partial charge in [0.05, 0.1) is 23.8 Å². The van der Waals surface area contributed by atoms with Gasteiger partial charge >= 0.3 is 11.9 Å². The Kier molecular flexibility index (Phi) is 4.65. The summed E-state index contributed by atoms with van der Waals surface area (Å²) < 4.78 is 14.9. The van der Waals surface area contributed by atoms with Crippen LogP contribution in [-0.2, 0) is 19.1 Å². The number of rotatable bonds is 4. The van der Waals surface area contributed by atoms with Crippen LogP contribution in [0.25, 0.3) is 0 Å². The molecular weight excluding hydrogens is 344 g/mol. The van der Waals surface area contributed by atoms with Gasteiger partial charge in [0.1, 0.15) is 10.8 Å². The van der Waals surface area contributed by atoms with Crippen molar-refractivity contribution >= 4 is 34.9 Å². The molecule has 1 aliphatic heterocycles. The number of carbonyl (C=O) groups excluding carboxylic acids is 2. The van der Waals surface area contributed by atoms with Gasteiger partial charge in [0.15, 0.2) is 5.57 Å². The van der Waals surface area contributed by atoms with E-state index < -0.39 is 22.6 Å². The number of methoxy groups -OCH3 is 1. The highest BCUT2D eigenvalue weighted by atomic mass is 35.5. The number of cyclic esters (lactones) is 2. The molecule has 0 aromatic heterocycles. The lowest BCUT2D eigenvalue weighted by molar-refractivity contribution is -0.384. The van der Waals surface area contributed by atoms with Gasteiger partial charge in [-0.3, -0.25) is 10.1 Å². The number of hydrogen-bond acceptors (Lipinski definition) is 8. The minimum Gasteiger partial charge on any atom is -0.494 e. The summed E-state index contributed by atoms with van der Waals surface area (Å²) in [7, 11) is 1.30. The van der Waals surface area contributed by atoms with E-state index in [1.165, 1.54) is 27.0 Å². The first-order valence-corrected chi connectivity index (χ1v) is 6.97. The Morgan fingerprint density at radius 3 is 2.38 bits per heavy atom. The minimum atomic E-state index is -1.35. The van der Waals surface area contributed by atoms with E-state index in [0.717, 1.165) is 12.3 Å². The van der Waals surface area contributed by atoms with Crippen molar-refractivity contribution < 1.29 is 28.7 Å². The number of nitro benzene ring substituents is 1. The van der Waals surface area contributed by atoms with Gasteiger partial charge in [-0.15, -0.1) is 0 Å². The van der Waals surface area contributed by atoms with Crippen molar-refractivity contribution in [2.45, 2.75) is 19.6 Å². The molecule has 1 saturated heterocycles. The van der Waals surface area contributed by atoms with Crippen LogP contribution in [0.5, 0.6) is 5.75 Å². The maximum Gasteiger partial charge on any atom is 0.350 e. The molecule has 24 heavy (non-hydrogen) atoms. The van der Waals surface area contributed by atoms with Gasteiger partial charge in [-0.2, -0.15) is 0 Å². The number of benzene rings is 1. The fourth-order valence-electron chi connectivity index (χ4n) is 1.89. The van der Waals surface area contributed by atoms with Gasteiger partial charge in [0, 0.05) is 20.0 Å². The molecule has 0 aliphatic carbocycles. The third-order valence-corrected chi connectivity index (χ3v) is 3.26. The van der Waals surface area contributed by atoms with Crippen LogP contribution < -0.4 is 10.1 Å². The zero-order valence-electron chi connectivity index (χ0n) is 12.9. The Balaban J connectivity index is 2.31. The summed E-state index contributed by atoms with van der Waals surface area (Å²) >= 11 is 5.83. The van der Waals surface area contributed by atoms with E-state index in [4.69, 9.17) is 25.8 Å². The second-order valence-electron chi connectivity index (χ2n) is 5.14. The Morgan fingerprint density at radius 2 is 1.88 bits per heavy atom. The minimum absolute atomic E-state index is 0.0980. The zero-order chi connectivity index (χ0) is 18.1. The third kappa shape index (κ3) is 3.57. The molecular formula is C14H13ClN2O7. The van der Waals surface area contributed by atoms with Crippen LogP contribution in [0.3, 0.4) is 0 Å². The van der Waals surface area contributed by atoms with Crippen LogP contribution in [-0.4, -0.2) is 29.8 Å². The number of nitrogens with one attached hydrogen (secondary N) is 1. The molecule has 0 amide bonds. The van der Waals surface area contributed by atoms with Gasteiger partial charge in [-0.05, 0) is 6.07 Å². The average Bonchev–Trinajstić information content (AvgIpc) is 2.44. The summed E-state index contributed by atoms with van der Waals surface area (Å²) in [6.45, 7) is 2.85. The van der Waals surface area contributed by atoms with Crippen LogP contribution in [0, 0.1) is 10.1 Å². The monoisotopic (exact) mass is 356 g/mol. The molecule has 0 unspecified atom stereocenters. The van der Waals surface area contributed by atoms with Gasteiger partial charge < -0.3 is 19.5 Å². The fourth-order valence-corrected chi connectivity index (χ4v) is 2.13. The third-order valence-electron chi connectivity index (χ3n) is 2.95. The standard InChI is InChI=1S/C14H13ClN2O7/c1-14(2)23-12(18)7(13(19)24-14)6-16-9-4-8(15)10(17(20)21)5-11(9)22-3/h4-6,16H,1-3H3. The van der Waals surface area contributed by atoms with E-state index in [9.17, 15) is 19.7 Å². The molecule has 1 fully saturated rings. The van der Waals surface area contributed by atoms with E-state index in [1.54, 1.807) is 0 Å². The lowest BCUT2D eigenvalue weighted by Crippen LogP contribution is -2.42. The Morgan fingerprint density at radius 1 is 1.29 bits per heavy atom. The Bertz CT molecular complexity index is 736. The molecule has 0 spiro atoms. The van der Waals surface area contributed by atoms with Crippen molar-refractivity contribution in [1.29, 1.82) is 0 Å². The summed E-state index contributed by atoms with van der Waals surface area (Å²) in [6, 6.07) is 2.35. The summed E-state index contributed by atoms with van der Waals surface area (Å²) in [5.41, 5.74) is -0.498. The molecule has 1 aliphatic rings. The van der Waals surface area contributed by atoms with Gasteiger partial charge in [0.2, 0.25) is 0 Å². The van der Waals surface area contributed by atoms with Crippen molar-refractivity contribution in [1.82, 2.24) is 0 Å². The maximum absolute atomic E-state index is 11.8. The number of esters is 2. The molecule has 128 valence electrons. The number of nitro groups is 1. The molecule has 9 nitrogen and oxygen atoms in total. The maximum atomic E-state index is 11.8. The van der Waals surface area contributed by atoms with E-state index in [1.807, 2.05) is 0 Å². The number of hydrogen-bond donors (Lipinski definition) is 1. The summed E-state index contributed by atoms with van der Waals surface area (Å²) in [5, 5.41) is 13.4. The first kappa shape index (κ1) is 17.5. The summed E-state index contributed by atoms with van der Waals surface area (Å²) in [6.07, 6.45) is 1.06. The lowest BCUT2D eigenvalue weighted by atomic mass is 10.2. The van der Waals surface area contributed by atoms with Gasteiger partial charge in [-0.1, -0.05) is 11.6 Å². The van der Waals surface area contributed by atoms with E-state index in [-0.39, 0.29) is 27.7 Å². The quantitative estimate of drug-likeness (QED) is 0.287. The molecule has 1 aromatic carbocycles. The Hall–Kier alpha value is -2.81. The average molecular weight is 357 g/mol. The zero-order valence-corrected chi connectivity index (χ0v) is 13.7. The molecule has 10 heteroatoms. The summed E-state index contributed by atoms with van der Waals surface area (Å²) in [5.74, 6) is -2.98. The Labute approximate surface area is 141 Å². The van der Waals surface area contributed by atoms with Crippen molar-refractivity contribution in [2.24, 2.45) is 0 Å². The number of halogens is 1. The molecule has 0 bridgehead atoms. The fraction of sp³-hybridized carbons (Fsp3) is 0.286. The van der Waals surface area contributed by atoms with Crippen LogP contribution in [0.1, 0.15) is 13.8 Å². The highest BCUT2D eigenvalue weighted by Crippen LogP contribution is 2.36. The first-order valence-electron chi connectivity index (χ1n) is 6.60. The first-order chi connectivity index (χ1) is 11.1. The molecule has 0 atom stereocenters. The van der Waals surface area contributed by atoms with Crippen molar-refractivity contribution in [3.8, 4) is 5.75 Å². The molecule has 1 N–H and O–H groups in total. The molecule has 1 aromatic rings. The second kappa shape index (κ2) is 6.36. The molecule has 0 saturated carbocycles. The van der Waals surface area contributed by atoms with Crippen LogP contribution in [0.15, 0.2) is 23.9 Å². The van der Waals surface area contributed by atoms with Crippen molar-refractivity contribution in [3.05, 3.63) is 39.0 Å². The van der Waals surface area contributed by atoms with Crippen LogP contribution in [0.4, 0.5) is 11.4 Å². The molecule has 2 rings (SSSR count). The number of carbonyl (C=O) groups is 2. The SMILES string of the molecule is COc1cc([N+](=O)[O-])c(Cl)cc1NC=C1C(=O)OC(C)(C)OC1=O. The number of anilines is 1. The topological polar surface area (TPSA) is 117 Å². The normalized spacial score (nSPS) is 16.1. The predicted molar refractivity (Wildman–Crippen MR) is 82.6 cm³/mol. The van der Waals surface area contributed by atoms with Gasteiger partial charge in [-0.25, -0.2) is 9.59 Å². The predicted octanol–water partition coefficient (Wildman–Crippen LogP) is 2.39. The summed E-state index contributed by atoms with van der Waals surface area (Å²) in [4.78, 5) is 33.9. The van der Waals surface area contributed by atoms with Crippen LogP contribution >= 0.6 is 11.6 Å². The van der Waals surface area contributed by atoms with Crippen molar-refractivity contribution in [3.63, 3.8) is 0 Å². The van der Waals surface area contributed by atoms with E-state index in [2.05, 4.69) is 5.32 Å².